The van der Waals surface area contributed by atoms with Crippen molar-refractivity contribution in [3.8, 4) is 11.8 Å². The molecular weight excluding hydrogens is 1270 g/mol. The number of benzene rings is 1. The number of Topliss-reactive ketones (excluding diaryl/α,β-unsaturated/α-hetero) is 1. The van der Waals surface area contributed by atoms with Gasteiger partial charge in [-0.25, -0.2) is 19.2 Å². The molecule has 1 aliphatic heterocycles. The van der Waals surface area contributed by atoms with Crippen LogP contribution in [0.3, 0.4) is 0 Å². The molecule has 8 amide bonds. The summed E-state index contributed by atoms with van der Waals surface area (Å²) in [5.41, 5.74) is 4.42. The van der Waals surface area contributed by atoms with Crippen molar-refractivity contribution >= 4 is 59.3 Å². The number of carbonyl (C=O) groups is 9. The van der Waals surface area contributed by atoms with Gasteiger partial charge in [-0.15, -0.1) is 11.8 Å². The fourth-order valence-electron chi connectivity index (χ4n) is 15.5. The van der Waals surface area contributed by atoms with Crippen LogP contribution in [-0.2, 0) is 73.2 Å². The highest BCUT2D eigenvalue weighted by atomic mass is 16.7. The van der Waals surface area contributed by atoms with Crippen LogP contribution in [0.25, 0.3) is 0 Å². The molecule has 6 aliphatic carbocycles. The van der Waals surface area contributed by atoms with Gasteiger partial charge in [-0.1, -0.05) is 64.8 Å². The molecule has 0 radical (unpaired) electrons. The van der Waals surface area contributed by atoms with E-state index in [4.69, 9.17) is 48.4 Å². The first-order valence-corrected chi connectivity index (χ1v) is 34.9. The molecule has 542 valence electrons. The van der Waals surface area contributed by atoms with Gasteiger partial charge < -0.3 is 89.9 Å². The molecule has 27 nitrogen and oxygen atoms in total. The van der Waals surface area contributed by atoms with Crippen molar-refractivity contribution in [3.63, 3.8) is 0 Å². The van der Waals surface area contributed by atoms with Crippen LogP contribution in [0.15, 0.2) is 48.1 Å². The zero-order chi connectivity index (χ0) is 70.6. The third kappa shape index (κ3) is 19.8. The molecule has 8 N–H and O–H groups in total. The molecule has 1 aromatic rings. The highest BCUT2D eigenvalue weighted by Crippen LogP contribution is 2.70. The Hall–Kier alpha value is -7.19. The number of hydrogen-bond donors (Lipinski definition) is 7. The Bertz CT molecular complexity index is 3050. The Labute approximate surface area is 575 Å². The third-order valence-corrected chi connectivity index (χ3v) is 20.8. The maximum absolute atomic E-state index is 14.7. The Morgan fingerprint density at radius 3 is 2.07 bits per heavy atom. The van der Waals surface area contributed by atoms with Gasteiger partial charge >= 0.3 is 24.3 Å². The Morgan fingerprint density at radius 2 is 1.43 bits per heavy atom. The monoisotopic (exact) mass is 1370 g/mol. The first kappa shape index (κ1) is 76.6. The summed E-state index contributed by atoms with van der Waals surface area (Å²) in [5, 5.41) is 25.6. The number of likely N-dealkylation sites (N-methyl/N-ethyl adjacent to an activating group) is 2. The number of rotatable bonds is 37. The van der Waals surface area contributed by atoms with Gasteiger partial charge in [0.05, 0.1) is 71.7 Å². The summed E-state index contributed by atoms with van der Waals surface area (Å²) >= 11 is 0. The Morgan fingerprint density at radius 1 is 0.786 bits per heavy atom. The second kappa shape index (κ2) is 36.2. The highest BCUT2D eigenvalue weighted by Gasteiger charge is 2.76. The third-order valence-electron chi connectivity index (χ3n) is 20.8. The second-order valence-electron chi connectivity index (χ2n) is 27.6. The van der Waals surface area contributed by atoms with Gasteiger partial charge in [0.15, 0.2) is 24.3 Å². The summed E-state index contributed by atoms with van der Waals surface area (Å²) in [6, 6.07) is 3.65. The number of allylic oxidation sites excluding steroid dienone is 4. The fourth-order valence-corrected chi connectivity index (χ4v) is 15.5. The molecule has 1 saturated heterocycles. The lowest BCUT2D eigenvalue weighted by Gasteiger charge is -2.59. The summed E-state index contributed by atoms with van der Waals surface area (Å²) in [6.07, 6.45) is 9.20. The number of urea groups is 1. The van der Waals surface area contributed by atoms with Gasteiger partial charge in [0.2, 0.25) is 23.5 Å². The van der Waals surface area contributed by atoms with E-state index in [1.54, 1.807) is 50.3 Å². The topological polar surface area (TPSA) is 350 Å². The number of fused-ring (bicyclic) bond motifs is 8. The summed E-state index contributed by atoms with van der Waals surface area (Å²) in [7, 11) is 3.00. The summed E-state index contributed by atoms with van der Waals surface area (Å²) in [6.45, 7) is 12.1. The van der Waals surface area contributed by atoms with Gasteiger partial charge in [0.25, 0.3) is 0 Å². The number of anilines is 1. The van der Waals surface area contributed by atoms with E-state index in [9.17, 15) is 48.3 Å². The summed E-state index contributed by atoms with van der Waals surface area (Å²) < 4.78 is 52.1. The van der Waals surface area contributed by atoms with E-state index >= 15 is 0 Å². The van der Waals surface area contributed by atoms with Crippen LogP contribution in [0, 0.1) is 64.1 Å². The van der Waals surface area contributed by atoms with Crippen molar-refractivity contribution in [2.75, 3.05) is 112 Å². The Balaban J connectivity index is 0.695. The molecule has 5 fully saturated rings. The molecule has 4 saturated carbocycles. The number of ether oxygens (including phenoxy) is 9. The average Bonchev–Trinajstić information content (AvgIpc) is 1.48. The SMILES string of the molecule is CCCC1O[C@@H]2C[C@H]3[C@@H]4CCC5=CC(=O)C=C[C@]5(C)[C@H]4[C@@H](O)C[C@]3(C)[C@]2(C(=O)COC(=O)N(C)CCN(C)C(=O)OCc2ccc(NC(=O)[C@H](CCCNC(N)=O)NC(=O)[C@@H](NC(=O)CCOCCOCCOCCOCCNC(=O)OCC3C4CCC#CCCC43)C(C)C)cc2)O1. The van der Waals surface area contributed by atoms with Crippen LogP contribution in [0.1, 0.15) is 124 Å². The molecule has 3 unspecified atom stereocenters. The fraction of sp³-hybridized carbons (Fsp3) is 0.704. The molecule has 8 rings (SSSR count). The van der Waals surface area contributed by atoms with Crippen molar-refractivity contribution in [1.29, 1.82) is 0 Å². The summed E-state index contributed by atoms with van der Waals surface area (Å²) in [4.78, 5) is 120. The van der Waals surface area contributed by atoms with Crippen molar-refractivity contribution in [3.05, 3.63) is 53.6 Å². The largest absolute Gasteiger partial charge is 0.449 e. The molecule has 0 spiro atoms. The lowest BCUT2D eigenvalue weighted by molar-refractivity contribution is -0.200. The molecule has 13 atom stereocenters. The van der Waals surface area contributed by atoms with E-state index in [-0.39, 0.29) is 101 Å². The minimum absolute atomic E-state index is 0.0224. The van der Waals surface area contributed by atoms with E-state index < -0.39 is 101 Å². The van der Waals surface area contributed by atoms with E-state index in [0.29, 0.717) is 94.5 Å². The summed E-state index contributed by atoms with van der Waals surface area (Å²) in [5.74, 6) is 5.42. The number of ketones is 2. The lowest BCUT2D eigenvalue weighted by atomic mass is 9.46. The van der Waals surface area contributed by atoms with Crippen molar-refractivity contribution in [2.24, 2.45) is 58.0 Å². The highest BCUT2D eigenvalue weighted by molar-refractivity contribution is 6.01. The number of alkyl carbamates (subject to hydrolysis) is 1. The van der Waals surface area contributed by atoms with E-state index in [1.165, 1.54) is 23.9 Å². The normalized spacial score (nSPS) is 27.6. The molecule has 0 bridgehead atoms. The van der Waals surface area contributed by atoms with Crippen LogP contribution in [0.4, 0.5) is 24.9 Å². The van der Waals surface area contributed by atoms with Crippen molar-refractivity contribution in [2.45, 2.75) is 161 Å². The Kier molecular flexibility index (Phi) is 28.3. The first-order chi connectivity index (χ1) is 47.0. The number of aliphatic hydroxyl groups is 1. The lowest BCUT2D eigenvalue weighted by Crippen LogP contribution is -2.63. The number of aliphatic hydroxyl groups excluding tert-OH is 1. The van der Waals surface area contributed by atoms with Crippen molar-refractivity contribution in [1.82, 2.24) is 31.1 Å². The smallest absolute Gasteiger partial charge is 0.409 e. The zero-order valence-electron chi connectivity index (χ0n) is 58.0. The molecule has 98 heavy (non-hydrogen) atoms. The number of primary amides is 1. The zero-order valence-corrected chi connectivity index (χ0v) is 58.0. The standard InChI is InChI=1S/C71H104N8O19/c1-8-14-60-97-58-40-54-52-23-20-47-39-49(80)24-26-69(47,4)61(52)56(81)41-70(54,5)71(58,98-60)57(82)44-96-68(89)79(7)30-29-78(6)67(88)95-42-46-18-21-48(22-19-46)75-63(84)55(17-13-27-73-65(72)86)76-64(85)62(45(2)3)77-59(83)25-31-90-33-35-92-37-38-93-36-34-91-32-28-74-66(87)94-43-53-50-15-11-9-10-12-16-51(50)53/h18-19,21-22,24,26,39,45,50-56,58,60-62,81H,8,11-17,20,23,25,27-38,40-44H2,1-7H3,(H,74,87)(H,75,84)(H,76,85)(H,77,83)(H3,72,73,86)/t50?,51?,52-,53?,54-,55-,56-,58+,60?,61+,62-,69-,70-,71+/m0/s1. The number of carbonyl (C=O) groups excluding carboxylic acids is 9. The van der Waals surface area contributed by atoms with Gasteiger partial charge in [-0.05, 0) is 123 Å². The van der Waals surface area contributed by atoms with Gasteiger partial charge in [0.1, 0.15) is 18.7 Å². The maximum atomic E-state index is 14.7. The average molecular weight is 1370 g/mol. The van der Waals surface area contributed by atoms with Crippen LogP contribution in [0.2, 0.25) is 0 Å². The van der Waals surface area contributed by atoms with Crippen LogP contribution in [-0.4, -0.2) is 211 Å². The number of nitrogens with two attached hydrogens (primary N) is 1. The molecular formula is C71H104N8O19. The molecule has 1 heterocycles. The van der Waals surface area contributed by atoms with E-state index in [1.807, 2.05) is 19.9 Å². The minimum Gasteiger partial charge on any atom is -0.449 e. The number of amides is 8. The van der Waals surface area contributed by atoms with Crippen LogP contribution >= 0.6 is 0 Å². The molecule has 27 heteroatoms. The minimum atomic E-state index is -1.46. The van der Waals surface area contributed by atoms with Crippen LogP contribution < -0.4 is 32.3 Å². The van der Waals surface area contributed by atoms with Gasteiger partial charge in [-0.3, -0.25) is 24.0 Å². The number of nitrogens with zero attached hydrogens (tertiary/aromatic N) is 2. The predicted molar refractivity (Wildman–Crippen MR) is 357 cm³/mol. The quantitative estimate of drug-likeness (QED) is 0.0239. The van der Waals surface area contributed by atoms with E-state index in [2.05, 4.69) is 45.3 Å². The second-order valence-corrected chi connectivity index (χ2v) is 27.6. The number of hydrogen-bond acceptors (Lipinski definition) is 19. The molecule has 1 aromatic carbocycles. The van der Waals surface area contributed by atoms with Crippen molar-refractivity contribution < 1.29 is 90.9 Å². The maximum Gasteiger partial charge on any atom is 0.409 e. The molecule has 0 aromatic heterocycles. The predicted octanol–water partition coefficient (Wildman–Crippen LogP) is 5.70. The van der Waals surface area contributed by atoms with Gasteiger partial charge in [0, 0.05) is 82.0 Å². The number of nitrogens with one attached hydrogen (secondary N) is 5. The van der Waals surface area contributed by atoms with Crippen LogP contribution in [0.5, 0.6) is 0 Å². The molecule has 7 aliphatic rings. The van der Waals surface area contributed by atoms with E-state index in [0.717, 1.165) is 44.1 Å². The van der Waals surface area contributed by atoms with Gasteiger partial charge in [-0.2, -0.15) is 0 Å². The first-order valence-electron chi connectivity index (χ1n) is 34.9.